The van der Waals surface area contributed by atoms with E-state index in [4.69, 9.17) is 0 Å². The van der Waals surface area contributed by atoms with Crippen molar-refractivity contribution in [1.29, 1.82) is 0 Å². The zero-order valence-corrected chi connectivity index (χ0v) is 11.8. The smallest absolute Gasteiger partial charge is 0.0288 e. The predicted octanol–water partition coefficient (Wildman–Crippen LogP) is 5.82. The Morgan fingerprint density at radius 2 is 1.25 bits per heavy atom. The van der Waals surface area contributed by atoms with Crippen molar-refractivity contribution in [2.75, 3.05) is 0 Å². The highest BCUT2D eigenvalue weighted by Gasteiger charge is 1.91. The molecule has 0 N–H and O–H groups in total. The molecule has 0 unspecified atom stereocenters. The minimum absolute atomic E-state index is 1.16. The monoisotopic (exact) mass is 220 g/mol. The van der Waals surface area contributed by atoms with E-state index in [1.54, 1.807) is 0 Å². The van der Waals surface area contributed by atoms with E-state index in [1.165, 1.54) is 42.4 Å². The topological polar surface area (TPSA) is 0 Å². The SMILES string of the molecule is CCC=C(C)CCC=C(C)CCC=C(C)C. The molecule has 0 nitrogen and oxygen atoms in total. The zero-order chi connectivity index (χ0) is 12.4. The highest BCUT2D eigenvalue weighted by molar-refractivity contribution is 5.05. The number of hydrogen-bond donors (Lipinski definition) is 0. The molecule has 0 saturated carbocycles. The summed E-state index contributed by atoms with van der Waals surface area (Å²) in [5, 5.41) is 0. The number of rotatable bonds is 7. The normalized spacial score (nSPS) is 12.8. The van der Waals surface area contributed by atoms with Crippen LogP contribution in [0, 0.1) is 0 Å². The molecule has 0 heteroatoms. The summed E-state index contributed by atoms with van der Waals surface area (Å²) in [4.78, 5) is 0. The first kappa shape index (κ1) is 15.2. The van der Waals surface area contributed by atoms with E-state index < -0.39 is 0 Å². The van der Waals surface area contributed by atoms with Crippen LogP contribution in [0.5, 0.6) is 0 Å². The molecule has 16 heavy (non-hydrogen) atoms. The third kappa shape index (κ3) is 9.76. The number of allylic oxidation sites excluding steroid dienone is 6. The second kappa shape index (κ2) is 9.45. The molecule has 0 spiro atoms. The van der Waals surface area contributed by atoms with Gasteiger partial charge in [-0.1, -0.05) is 41.9 Å². The molecule has 0 aromatic heterocycles. The lowest BCUT2D eigenvalue weighted by Gasteiger charge is -2.00. The fourth-order valence-corrected chi connectivity index (χ4v) is 1.69. The van der Waals surface area contributed by atoms with Gasteiger partial charge in [0.2, 0.25) is 0 Å². The summed E-state index contributed by atoms with van der Waals surface area (Å²) >= 11 is 0. The Balaban J connectivity index is 3.79. The molecule has 0 fully saturated rings. The maximum atomic E-state index is 2.39. The van der Waals surface area contributed by atoms with Crippen molar-refractivity contribution in [1.82, 2.24) is 0 Å². The first-order valence-electron chi connectivity index (χ1n) is 6.50. The molecular weight excluding hydrogens is 192 g/mol. The van der Waals surface area contributed by atoms with Crippen LogP contribution in [-0.2, 0) is 0 Å². The molecule has 0 aromatic carbocycles. The molecule has 0 radical (unpaired) electrons. The fourth-order valence-electron chi connectivity index (χ4n) is 1.69. The lowest BCUT2D eigenvalue weighted by molar-refractivity contribution is 0.913. The molecular formula is C16H28. The van der Waals surface area contributed by atoms with Gasteiger partial charge < -0.3 is 0 Å². The molecule has 0 saturated heterocycles. The molecule has 0 aliphatic carbocycles. The van der Waals surface area contributed by atoms with Crippen molar-refractivity contribution in [2.45, 2.75) is 66.7 Å². The van der Waals surface area contributed by atoms with Crippen LogP contribution in [-0.4, -0.2) is 0 Å². The van der Waals surface area contributed by atoms with Gasteiger partial charge in [-0.3, -0.25) is 0 Å². The van der Waals surface area contributed by atoms with E-state index >= 15 is 0 Å². The van der Waals surface area contributed by atoms with E-state index in [-0.39, 0.29) is 0 Å². The lowest BCUT2D eigenvalue weighted by Crippen LogP contribution is -1.80. The Morgan fingerprint density at radius 3 is 1.75 bits per heavy atom. The molecule has 0 amide bonds. The maximum absolute atomic E-state index is 2.39. The van der Waals surface area contributed by atoms with Crippen LogP contribution in [0.1, 0.15) is 66.7 Å². The van der Waals surface area contributed by atoms with Crippen molar-refractivity contribution in [3.63, 3.8) is 0 Å². The van der Waals surface area contributed by atoms with Crippen LogP contribution in [0.4, 0.5) is 0 Å². The van der Waals surface area contributed by atoms with Gasteiger partial charge in [0.15, 0.2) is 0 Å². The van der Waals surface area contributed by atoms with E-state index in [1.807, 2.05) is 0 Å². The summed E-state index contributed by atoms with van der Waals surface area (Å²) in [5.41, 5.74) is 4.48. The van der Waals surface area contributed by atoms with Crippen molar-refractivity contribution >= 4 is 0 Å². The molecule has 0 rings (SSSR count). The van der Waals surface area contributed by atoms with Crippen molar-refractivity contribution in [3.05, 3.63) is 34.9 Å². The molecule has 0 bridgehead atoms. The van der Waals surface area contributed by atoms with Crippen molar-refractivity contribution in [2.24, 2.45) is 0 Å². The van der Waals surface area contributed by atoms with E-state index in [2.05, 4.69) is 52.8 Å². The minimum Gasteiger partial charge on any atom is -0.0859 e. The third-order valence-corrected chi connectivity index (χ3v) is 2.68. The summed E-state index contributed by atoms with van der Waals surface area (Å²) in [6.07, 6.45) is 13.0. The molecule has 0 aliphatic heterocycles. The van der Waals surface area contributed by atoms with Gasteiger partial charge in [-0.05, 0) is 59.8 Å². The molecule has 0 atom stereocenters. The van der Waals surface area contributed by atoms with Crippen LogP contribution >= 0.6 is 0 Å². The Morgan fingerprint density at radius 1 is 0.750 bits per heavy atom. The van der Waals surface area contributed by atoms with Gasteiger partial charge in [0.1, 0.15) is 0 Å². The summed E-state index contributed by atoms with van der Waals surface area (Å²) in [6, 6.07) is 0. The highest BCUT2D eigenvalue weighted by atomic mass is 14.0. The van der Waals surface area contributed by atoms with Crippen LogP contribution in [0.25, 0.3) is 0 Å². The number of hydrogen-bond acceptors (Lipinski definition) is 0. The summed E-state index contributed by atoms with van der Waals surface area (Å²) in [5.74, 6) is 0. The van der Waals surface area contributed by atoms with Gasteiger partial charge in [-0.25, -0.2) is 0 Å². The Hall–Kier alpha value is -0.780. The van der Waals surface area contributed by atoms with Crippen LogP contribution < -0.4 is 0 Å². The van der Waals surface area contributed by atoms with E-state index in [9.17, 15) is 0 Å². The first-order chi connectivity index (χ1) is 7.56. The third-order valence-electron chi connectivity index (χ3n) is 2.68. The second-order valence-electron chi connectivity index (χ2n) is 4.87. The maximum Gasteiger partial charge on any atom is -0.0288 e. The van der Waals surface area contributed by atoms with Crippen LogP contribution in [0.2, 0.25) is 0 Å². The largest absolute Gasteiger partial charge is 0.0859 e. The second-order valence-corrected chi connectivity index (χ2v) is 4.87. The standard InChI is InChI=1S/C16H28/c1-6-9-15(4)12-8-13-16(5)11-7-10-14(2)3/h9-10,13H,6-8,11-12H2,1-5H3. The van der Waals surface area contributed by atoms with Gasteiger partial charge in [0.25, 0.3) is 0 Å². The Labute approximate surface area is 102 Å². The molecule has 0 aromatic rings. The zero-order valence-electron chi connectivity index (χ0n) is 11.8. The Bertz CT molecular complexity index is 260. The summed E-state index contributed by atoms with van der Waals surface area (Å²) in [6.45, 7) is 11.0. The quantitative estimate of drug-likeness (QED) is 0.474. The van der Waals surface area contributed by atoms with Gasteiger partial charge in [0, 0.05) is 0 Å². The van der Waals surface area contributed by atoms with E-state index in [0.717, 1.165) is 6.42 Å². The average Bonchev–Trinajstić information content (AvgIpc) is 2.17. The van der Waals surface area contributed by atoms with Gasteiger partial charge in [-0.15, -0.1) is 0 Å². The molecule has 92 valence electrons. The van der Waals surface area contributed by atoms with Crippen molar-refractivity contribution < 1.29 is 0 Å². The van der Waals surface area contributed by atoms with Crippen molar-refractivity contribution in [3.8, 4) is 0 Å². The lowest BCUT2D eigenvalue weighted by atomic mass is 10.1. The van der Waals surface area contributed by atoms with Gasteiger partial charge in [0.05, 0.1) is 0 Å². The molecule has 0 aliphatic rings. The minimum atomic E-state index is 1.16. The Kier molecular flexibility index (Phi) is 8.99. The van der Waals surface area contributed by atoms with E-state index in [0.29, 0.717) is 0 Å². The van der Waals surface area contributed by atoms with Crippen LogP contribution in [0.15, 0.2) is 34.9 Å². The predicted molar refractivity (Wildman–Crippen MR) is 75.7 cm³/mol. The summed E-state index contributed by atoms with van der Waals surface area (Å²) < 4.78 is 0. The molecule has 0 heterocycles. The first-order valence-corrected chi connectivity index (χ1v) is 6.50. The fraction of sp³-hybridized carbons (Fsp3) is 0.625. The summed E-state index contributed by atoms with van der Waals surface area (Å²) in [7, 11) is 0. The van der Waals surface area contributed by atoms with Gasteiger partial charge in [-0.2, -0.15) is 0 Å². The average molecular weight is 220 g/mol. The highest BCUT2D eigenvalue weighted by Crippen LogP contribution is 2.11. The van der Waals surface area contributed by atoms with Crippen LogP contribution in [0.3, 0.4) is 0 Å². The van der Waals surface area contributed by atoms with Gasteiger partial charge >= 0.3 is 0 Å².